The van der Waals surface area contributed by atoms with E-state index in [0.29, 0.717) is 63.9 Å². The minimum absolute atomic E-state index is 0.141. The third kappa shape index (κ3) is 42.0. The number of carbonyl (C=O) groups excluding carboxylic acids is 4. The summed E-state index contributed by atoms with van der Waals surface area (Å²) >= 11 is 0. The predicted octanol–water partition coefficient (Wildman–Crippen LogP) is 18.1. The average Bonchev–Trinajstić information content (AvgIpc) is 3.75. The first-order chi connectivity index (χ1) is 43.7. The molecule has 12 nitrogen and oxygen atoms in total. The first-order valence-electron chi connectivity index (χ1n) is 35.4. The molecule has 2 aliphatic heterocycles. The van der Waals surface area contributed by atoms with Crippen molar-refractivity contribution in [3.63, 3.8) is 0 Å². The summed E-state index contributed by atoms with van der Waals surface area (Å²) in [4.78, 5) is 55.5. The molecule has 89 heavy (non-hydrogen) atoms. The Balaban J connectivity index is 0.914. The van der Waals surface area contributed by atoms with Gasteiger partial charge >= 0.3 is 23.9 Å². The maximum Gasteiger partial charge on any atom is 0.310 e. The molecule has 502 valence electrons. The largest absolute Gasteiger partial charge is 0.465 e. The van der Waals surface area contributed by atoms with Gasteiger partial charge in [-0.3, -0.25) is 19.2 Å². The monoisotopic (exact) mass is 1270 g/mol. The molecule has 0 aromatic heterocycles. The van der Waals surface area contributed by atoms with Crippen molar-refractivity contribution >= 4 is 45.5 Å². The molecule has 0 aliphatic carbocycles. The fourth-order valence-corrected chi connectivity index (χ4v) is 13.3. The lowest BCUT2D eigenvalue weighted by Gasteiger charge is -2.32. The Hall–Kier alpha value is -3.92. The van der Waals surface area contributed by atoms with E-state index in [4.69, 9.17) is 28.4 Å². The number of hydrogen-bond acceptors (Lipinski definition) is 14. The van der Waals surface area contributed by atoms with Crippen LogP contribution in [-0.2, 0) is 73.7 Å². The van der Waals surface area contributed by atoms with E-state index < -0.39 is 0 Å². The molecule has 0 unspecified atom stereocenters. The molecule has 2 aromatic carbocycles. The Labute approximate surface area is 548 Å². The van der Waals surface area contributed by atoms with E-state index in [1.54, 1.807) is 0 Å². The normalized spacial score (nSPS) is 14.7. The lowest BCUT2D eigenvalue weighted by Crippen LogP contribution is -2.36. The Morgan fingerprint density at radius 3 is 1.26 bits per heavy atom. The summed E-state index contributed by atoms with van der Waals surface area (Å²) in [5.41, 5.74) is 3.61. The van der Waals surface area contributed by atoms with Gasteiger partial charge in [-0.25, -0.2) is 0 Å². The third-order valence-electron chi connectivity index (χ3n) is 17.0. The van der Waals surface area contributed by atoms with Gasteiger partial charge in [-0.05, 0) is 195 Å². The van der Waals surface area contributed by atoms with Crippen LogP contribution in [0, 0.1) is 11.8 Å². The molecule has 0 spiro atoms. The number of ether oxygens (including phenoxy) is 6. The van der Waals surface area contributed by atoms with Crippen molar-refractivity contribution in [3.05, 3.63) is 107 Å². The zero-order valence-electron chi connectivity index (χ0n) is 55.8. The van der Waals surface area contributed by atoms with Crippen LogP contribution in [0.3, 0.4) is 0 Å². The van der Waals surface area contributed by atoms with Crippen LogP contribution in [0.25, 0.3) is 0 Å². The highest BCUT2D eigenvalue weighted by atomic mass is 33.1. The fraction of sp³-hybridized carbons (Fsp3) is 0.707. The number of piperidine rings is 2. The second-order valence-corrected chi connectivity index (χ2v) is 27.4. The summed E-state index contributed by atoms with van der Waals surface area (Å²) in [6, 6.07) is 15.4. The quantitative estimate of drug-likeness (QED) is 0.0155. The maximum absolute atomic E-state index is 12.7. The summed E-state index contributed by atoms with van der Waals surface area (Å²) < 4.78 is 34.7. The molecule has 0 atom stereocenters. The molecule has 0 radical (unpaired) electrons. The molecule has 2 heterocycles. The topological polar surface area (TPSA) is 130 Å². The summed E-state index contributed by atoms with van der Waals surface area (Å²) in [6.07, 6.45) is 46.7. The molecular weight excluding hydrogens is 1150 g/mol. The highest BCUT2D eigenvalue weighted by molar-refractivity contribution is 8.76. The van der Waals surface area contributed by atoms with Gasteiger partial charge in [-0.15, -0.1) is 0 Å². The third-order valence-corrected chi connectivity index (χ3v) is 19.4. The van der Waals surface area contributed by atoms with E-state index >= 15 is 0 Å². The molecule has 14 heteroatoms. The molecule has 2 aliphatic rings. The summed E-state index contributed by atoms with van der Waals surface area (Å²) in [7, 11) is 3.98. The van der Waals surface area contributed by atoms with Crippen LogP contribution >= 0.6 is 21.6 Å². The van der Waals surface area contributed by atoms with Crippen molar-refractivity contribution in [1.82, 2.24) is 9.80 Å². The number of unbranched alkanes of at least 4 members (excludes halogenated alkanes) is 15. The zero-order chi connectivity index (χ0) is 63.3. The highest BCUT2D eigenvalue weighted by Crippen LogP contribution is 2.26. The van der Waals surface area contributed by atoms with Gasteiger partial charge in [0.05, 0.1) is 26.1 Å². The van der Waals surface area contributed by atoms with Crippen LogP contribution in [0.2, 0.25) is 0 Å². The van der Waals surface area contributed by atoms with Gasteiger partial charge in [0.2, 0.25) is 0 Å². The van der Waals surface area contributed by atoms with Crippen molar-refractivity contribution in [2.75, 3.05) is 77.2 Å². The Morgan fingerprint density at radius 1 is 0.438 bits per heavy atom. The van der Waals surface area contributed by atoms with Gasteiger partial charge in [0.25, 0.3) is 0 Å². The summed E-state index contributed by atoms with van der Waals surface area (Å²) in [5, 5.41) is 0. The maximum atomic E-state index is 12.7. The van der Waals surface area contributed by atoms with Crippen molar-refractivity contribution in [1.29, 1.82) is 0 Å². The lowest BCUT2D eigenvalue weighted by atomic mass is 9.94. The predicted molar refractivity (Wildman–Crippen MR) is 370 cm³/mol. The van der Waals surface area contributed by atoms with Gasteiger partial charge in [-0.2, -0.15) is 0 Å². The molecule has 2 aromatic rings. The van der Waals surface area contributed by atoms with E-state index in [0.717, 1.165) is 182 Å². The van der Waals surface area contributed by atoms with Crippen LogP contribution < -0.4 is 0 Å². The zero-order valence-corrected chi connectivity index (χ0v) is 57.5. The second kappa shape index (κ2) is 53.6. The smallest absolute Gasteiger partial charge is 0.310 e. The number of rotatable bonds is 54. The molecule has 2 fully saturated rings. The van der Waals surface area contributed by atoms with E-state index in [1.807, 2.05) is 70.1 Å². The van der Waals surface area contributed by atoms with Crippen molar-refractivity contribution < 1.29 is 47.6 Å². The Kier molecular flexibility index (Phi) is 46.7. The first kappa shape index (κ1) is 77.5. The van der Waals surface area contributed by atoms with E-state index in [9.17, 15) is 19.2 Å². The molecule has 0 saturated carbocycles. The number of benzene rings is 2. The van der Waals surface area contributed by atoms with Crippen molar-refractivity contribution in [2.24, 2.45) is 11.8 Å². The van der Waals surface area contributed by atoms with Gasteiger partial charge in [-0.1, -0.05) is 179 Å². The van der Waals surface area contributed by atoms with Crippen molar-refractivity contribution in [2.45, 2.75) is 252 Å². The lowest BCUT2D eigenvalue weighted by molar-refractivity contribution is -0.152. The standard InChI is InChI=1S/C75H120N2O10S2/c1-4-7-10-13-16-17-18-19-20-21-22-23-24-25-28-32-71(78)86-63-69-39-35-67(36-40-69)61-73(80)82-57-47-65-43-49-76(50-44-65)53-59-88-89-60-54-77-51-45-66(46-52-77)48-58-83-74(81)62-68-37-41-70(42-38-68)64-87-72(79)33-31-34-75(84-55-29-26-14-11-8-5-2)85-56-30-27-15-12-9-6-3/h8-9,11-12,19-20,35-42,65-66,75H,4-7,10,13-18,21-34,43-64H2,1-3H3/b11-8-,12-9-,20-19-. The molecule has 0 bridgehead atoms. The Bertz CT molecular complexity index is 2150. The minimum atomic E-state index is -0.308. The second-order valence-electron chi connectivity index (χ2n) is 24.7. The van der Waals surface area contributed by atoms with Crippen molar-refractivity contribution in [3.8, 4) is 0 Å². The number of allylic oxidation sites excluding steroid dienone is 6. The minimum Gasteiger partial charge on any atom is -0.465 e. The van der Waals surface area contributed by atoms with Crippen LogP contribution in [0.5, 0.6) is 0 Å². The van der Waals surface area contributed by atoms with E-state index in [2.05, 4.69) is 67.0 Å². The number of carbonyl (C=O) groups is 4. The van der Waals surface area contributed by atoms with Crippen LogP contribution in [0.15, 0.2) is 85.0 Å². The SMILES string of the molecule is CC/C=C\CCCCOC(CCCC(=O)OCc1ccc(CC(=O)OCCC2CCN(CCSSCCN3CCC(CCOC(=O)Cc4ccc(COC(=O)CCCCCCC/C=C\CCCCCCCC)cc4)CC3)CC2)cc1)OCCCC/C=C\CC. The Morgan fingerprint density at radius 2 is 0.820 bits per heavy atom. The van der Waals surface area contributed by atoms with Gasteiger partial charge in [0, 0.05) is 50.7 Å². The molecule has 4 rings (SSSR count). The molecule has 0 N–H and O–H groups in total. The van der Waals surface area contributed by atoms with Crippen LogP contribution in [0.4, 0.5) is 0 Å². The number of nitrogens with zero attached hydrogens (tertiary/aromatic N) is 2. The first-order valence-corrected chi connectivity index (χ1v) is 37.9. The number of likely N-dealkylation sites (tertiary alicyclic amines) is 2. The van der Waals surface area contributed by atoms with E-state index in [-0.39, 0.29) is 56.2 Å². The molecule has 2 saturated heterocycles. The van der Waals surface area contributed by atoms with E-state index in [1.165, 1.54) is 64.2 Å². The van der Waals surface area contributed by atoms with Gasteiger partial charge in [0.15, 0.2) is 6.29 Å². The molecule has 0 amide bonds. The van der Waals surface area contributed by atoms with Gasteiger partial charge in [0.1, 0.15) is 13.2 Å². The molecular formula is C75H120N2O10S2. The summed E-state index contributed by atoms with van der Waals surface area (Å²) in [6.45, 7) is 15.9. The summed E-state index contributed by atoms with van der Waals surface area (Å²) in [5.74, 6) is 2.67. The number of hydrogen-bond donors (Lipinski definition) is 0. The fourth-order valence-electron chi connectivity index (χ4n) is 11.2. The van der Waals surface area contributed by atoms with Gasteiger partial charge < -0.3 is 38.2 Å². The van der Waals surface area contributed by atoms with Crippen LogP contribution in [0.1, 0.15) is 242 Å². The average molecular weight is 1270 g/mol. The highest BCUT2D eigenvalue weighted by Gasteiger charge is 2.22. The van der Waals surface area contributed by atoms with Crippen LogP contribution in [-0.4, -0.2) is 117 Å². The number of esters is 4.